The quantitative estimate of drug-likeness (QED) is 0.839. The number of hydrogen-bond acceptors (Lipinski definition) is 3. The monoisotopic (exact) mass is 281 g/mol. The molecular weight excluding hydrogens is 261 g/mol. The van der Waals surface area contributed by atoms with Crippen LogP contribution in [0.1, 0.15) is 41.6 Å². The Kier molecular flexibility index (Phi) is 5.09. The molecule has 20 heavy (non-hydrogen) atoms. The van der Waals surface area contributed by atoms with Crippen molar-refractivity contribution in [3.63, 3.8) is 0 Å². The van der Waals surface area contributed by atoms with Gasteiger partial charge in [-0.05, 0) is 50.4 Å². The Morgan fingerprint density at radius 1 is 1.45 bits per heavy atom. The molecule has 0 aliphatic carbocycles. The van der Waals surface area contributed by atoms with Crippen molar-refractivity contribution in [2.24, 2.45) is 0 Å². The predicted molar refractivity (Wildman–Crippen MR) is 73.1 cm³/mol. The molecule has 1 saturated heterocycles. The molecule has 0 spiro atoms. The van der Waals surface area contributed by atoms with Crippen molar-refractivity contribution in [1.29, 1.82) is 0 Å². The summed E-state index contributed by atoms with van der Waals surface area (Å²) in [4.78, 5) is 13.1. The predicted octanol–water partition coefficient (Wildman–Crippen LogP) is 2.26. The molecule has 0 amide bonds. The zero-order chi connectivity index (χ0) is 14.5. The lowest BCUT2D eigenvalue weighted by atomic mass is 10.1. The highest BCUT2D eigenvalue weighted by Crippen LogP contribution is 2.24. The van der Waals surface area contributed by atoms with E-state index in [2.05, 4.69) is 4.90 Å². The first kappa shape index (κ1) is 14.9. The van der Waals surface area contributed by atoms with Gasteiger partial charge in [-0.1, -0.05) is 0 Å². The fourth-order valence-corrected chi connectivity index (χ4v) is 2.80. The number of carboxylic acid groups (broad SMARTS) is 1. The van der Waals surface area contributed by atoms with Gasteiger partial charge < -0.3 is 10.2 Å². The third-order valence-electron chi connectivity index (χ3n) is 3.86. The molecule has 1 aliphatic rings. The summed E-state index contributed by atoms with van der Waals surface area (Å²) in [5.41, 5.74) is 0.549. The minimum atomic E-state index is -1.04. The van der Waals surface area contributed by atoms with Crippen molar-refractivity contribution in [2.75, 3.05) is 13.2 Å². The van der Waals surface area contributed by atoms with E-state index in [-0.39, 0.29) is 18.0 Å². The van der Waals surface area contributed by atoms with Gasteiger partial charge in [0.25, 0.3) is 0 Å². The van der Waals surface area contributed by atoms with Gasteiger partial charge in [0.1, 0.15) is 5.82 Å². The highest BCUT2D eigenvalue weighted by Gasteiger charge is 2.25. The largest absolute Gasteiger partial charge is 0.478 e. The summed E-state index contributed by atoms with van der Waals surface area (Å²) < 4.78 is 13.8. The van der Waals surface area contributed by atoms with E-state index in [9.17, 15) is 9.18 Å². The summed E-state index contributed by atoms with van der Waals surface area (Å²) in [5.74, 6) is -1.40. The highest BCUT2D eigenvalue weighted by atomic mass is 19.1. The molecule has 1 fully saturated rings. The van der Waals surface area contributed by atoms with Crippen LogP contribution in [0.3, 0.4) is 0 Å². The van der Waals surface area contributed by atoms with Gasteiger partial charge in [-0.25, -0.2) is 9.18 Å². The first-order chi connectivity index (χ1) is 9.61. The molecule has 1 aromatic rings. The van der Waals surface area contributed by atoms with Crippen LogP contribution in [0, 0.1) is 5.82 Å². The average Bonchev–Trinajstić information content (AvgIpc) is 2.86. The number of carboxylic acids is 1. The van der Waals surface area contributed by atoms with Gasteiger partial charge in [0, 0.05) is 24.8 Å². The fourth-order valence-electron chi connectivity index (χ4n) is 2.80. The van der Waals surface area contributed by atoms with Crippen molar-refractivity contribution in [3.05, 3.63) is 35.1 Å². The number of aromatic carboxylic acids is 1. The van der Waals surface area contributed by atoms with E-state index in [4.69, 9.17) is 10.2 Å². The van der Waals surface area contributed by atoms with Crippen molar-refractivity contribution >= 4 is 5.97 Å². The Hall–Kier alpha value is -1.46. The SMILES string of the molecule is O=C(O)c1ccc(F)c(CN2CCCC2CCCO)c1. The second kappa shape index (κ2) is 6.81. The molecule has 0 radical (unpaired) electrons. The molecule has 2 N–H and O–H groups in total. The van der Waals surface area contributed by atoms with Gasteiger partial charge in [0.05, 0.1) is 5.56 Å². The highest BCUT2D eigenvalue weighted by molar-refractivity contribution is 5.87. The molecule has 0 aromatic heterocycles. The van der Waals surface area contributed by atoms with Gasteiger partial charge in [-0.15, -0.1) is 0 Å². The van der Waals surface area contributed by atoms with E-state index in [0.717, 1.165) is 32.2 Å². The van der Waals surface area contributed by atoms with E-state index >= 15 is 0 Å². The molecular formula is C15H20FNO3. The first-order valence-corrected chi connectivity index (χ1v) is 6.98. The maximum absolute atomic E-state index is 13.8. The summed E-state index contributed by atoms with van der Waals surface area (Å²) in [6.45, 7) is 1.50. The fraction of sp³-hybridized carbons (Fsp3) is 0.533. The Bertz CT molecular complexity index is 478. The van der Waals surface area contributed by atoms with Crippen LogP contribution in [0.4, 0.5) is 4.39 Å². The van der Waals surface area contributed by atoms with Crippen molar-refractivity contribution in [1.82, 2.24) is 4.90 Å². The summed E-state index contributed by atoms with van der Waals surface area (Å²) in [7, 11) is 0. The van der Waals surface area contributed by atoms with E-state index in [1.807, 2.05) is 0 Å². The van der Waals surface area contributed by atoms with Crippen LogP contribution in [0.25, 0.3) is 0 Å². The average molecular weight is 281 g/mol. The molecule has 1 heterocycles. The second-order valence-corrected chi connectivity index (χ2v) is 5.24. The molecule has 1 atom stereocenters. The zero-order valence-electron chi connectivity index (χ0n) is 11.4. The van der Waals surface area contributed by atoms with E-state index < -0.39 is 5.97 Å². The minimum absolute atomic E-state index is 0.118. The number of aliphatic hydroxyl groups is 1. The van der Waals surface area contributed by atoms with Crippen molar-refractivity contribution in [2.45, 2.75) is 38.3 Å². The Labute approximate surface area is 117 Å². The first-order valence-electron chi connectivity index (χ1n) is 6.98. The molecule has 0 saturated carbocycles. The van der Waals surface area contributed by atoms with Gasteiger partial charge >= 0.3 is 5.97 Å². The molecule has 0 bridgehead atoms. The number of aliphatic hydroxyl groups excluding tert-OH is 1. The number of rotatable bonds is 6. The maximum Gasteiger partial charge on any atom is 0.335 e. The smallest absolute Gasteiger partial charge is 0.335 e. The number of halogens is 1. The number of nitrogens with zero attached hydrogens (tertiary/aromatic N) is 1. The van der Waals surface area contributed by atoms with Crippen LogP contribution in [0.2, 0.25) is 0 Å². The van der Waals surface area contributed by atoms with E-state index in [1.54, 1.807) is 0 Å². The Morgan fingerprint density at radius 3 is 2.95 bits per heavy atom. The van der Waals surface area contributed by atoms with Gasteiger partial charge in [0.15, 0.2) is 0 Å². The second-order valence-electron chi connectivity index (χ2n) is 5.24. The van der Waals surface area contributed by atoms with Gasteiger partial charge in [-0.2, -0.15) is 0 Å². The summed E-state index contributed by atoms with van der Waals surface area (Å²) in [6, 6.07) is 4.28. The van der Waals surface area contributed by atoms with Gasteiger partial charge in [0.2, 0.25) is 0 Å². The maximum atomic E-state index is 13.8. The minimum Gasteiger partial charge on any atom is -0.478 e. The van der Waals surface area contributed by atoms with Crippen LogP contribution in [-0.4, -0.2) is 40.3 Å². The zero-order valence-corrected chi connectivity index (χ0v) is 11.4. The van der Waals surface area contributed by atoms with Crippen LogP contribution >= 0.6 is 0 Å². The van der Waals surface area contributed by atoms with Crippen LogP contribution in [0.5, 0.6) is 0 Å². The number of hydrogen-bond donors (Lipinski definition) is 2. The van der Waals surface area contributed by atoms with E-state index in [0.29, 0.717) is 18.2 Å². The third kappa shape index (κ3) is 3.55. The normalized spacial score (nSPS) is 19.4. The van der Waals surface area contributed by atoms with Crippen molar-refractivity contribution < 1.29 is 19.4 Å². The topological polar surface area (TPSA) is 60.8 Å². The number of carbonyl (C=O) groups is 1. The molecule has 4 nitrogen and oxygen atoms in total. The molecule has 1 aromatic carbocycles. The summed E-state index contributed by atoms with van der Waals surface area (Å²) in [5, 5.41) is 17.9. The Balaban J connectivity index is 2.08. The lowest BCUT2D eigenvalue weighted by molar-refractivity contribution is 0.0696. The van der Waals surface area contributed by atoms with Crippen molar-refractivity contribution in [3.8, 4) is 0 Å². The molecule has 1 unspecified atom stereocenters. The standard InChI is InChI=1S/C15H20FNO3/c16-14-6-5-11(15(19)20)9-12(14)10-17-7-1-3-13(17)4-2-8-18/h5-6,9,13,18H,1-4,7-8,10H2,(H,19,20). The van der Waals surface area contributed by atoms with Gasteiger partial charge in [-0.3, -0.25) is 4.90 Å². The van der Waals surface area contributed by atoms with Crippen LogP contribution < -0.4 is 0 Å². The summed E-state index contributed by atoms with van der Waals surface area (Å²) in [6.07, 6.45) is 3.77. The number of likely N-dealkylation sites (tertiary alicyclic amines) is 1. The van der Waals surface area contributed by atoms with E-state index in [1.165, 1.54) is 18.2 Å². The third-order valence-corrected chi connectivity index (χ3v) is 3.86. The lowest BCUT2D eigenvalue weighted by Gasteiger charge is -2.24. The molecule has 110 valence electrons. The summed E-state index contributed by atoms with van der Waals surface area (Å²) >= 11 is 0. The Morgan fingerprint density at radius 2 is 2.25 bits per heavy atom. The lowest BCUT2D eigenvalue weighted by Crippen LogP contribution is -2.29. The van der Waals surface area contributed by atoms with Crippen LogP contribution in [-0.2, 0) is 6.54 Å². The number of benzene rings is 1. The van der Waals surface area contributed by atoms with Crippen LogP contribution in [0.15, 0.2) is 18.2 Å². The molecule has 5 heteroatoms. The molecule has 1 aliphatic heterocycles. The molecule has 2 rings (SSSR count).